The van der Waals surface area contributed by atoms with Gasteiger partial charge >= 0.3 is 0 Å². The quantitative estimate of drug-likeness (QED) is 0.410. The number of aromatic nitrogens is 2. The number of hydrogen-bond acceptors (Lipinski definition) is 6. The molecule has 1 amide bonds. The van der Waals surface area contributed by atoms with Crippen LogP contribution in [0.25, 0.3) is 20.4 Å². The molecule has 30 heavy (non-hydrogen) atoms. The highest BCUT2D eigenvalue weighted by atomic mass is 32.1. The zero-order chi connectivity index (χ0) is 21.0. The van der Waals surface area contributed by atoms with E-state index in [1.165, 1.54) is 28.2 Å². The first-order chi connectivity index (χ1) is 14.3. The van der Waals surface area contributed by atoms with Gasteiger partial charge in [-0.2, -0.15) is 0 Å². The van der Waals surface area contributed by atoms with Gasteiger partial charge in [0.1, 0.15) is 9.71 Å². The van der Waals surface area contributed by atoms with Crippen LogP contribution in [0.1, 0.15) is 48.1 Å². The molecular formula is C23H24N4OS2. The average molecular weight is 437 g/mol. The summed E-state index contributed by atoms with van der Waals surface area (Å²) < 4.78 is 1.04. The maximum absolute atomic E-state index is 12.9. The van der Waals surface area contributed by atoms with Gasteiger partial charge in [-0.05, 0) is 54.4 Å². The standard InChI is InChI=1S/C23H24N4OS2/c1-23(2,3)13-8-9-15-12(10-13)11-14-18(24)19(30-21(14)25-15)20(28)27-22-26-16-6-4-5-7-17(16)29-22/h4-7,11,13H,8-10,24H2,1-3H3,(H,26,27,28). The van der Waals surface area contributed by atoms with Gasteiger partial charge in [0.25, 0.3) is 5.91 Å². The van der Waals surface area contributed by atoms with Crippen molar-refractivity contribution >= 4 is 59.8 Å². The molecule has 1 atom stereocenters. The van der Waals surface area contributed by atoms with Crippen LogP contribution in [0.3, 0.4) is 0 Å². The molecule has 0 saturated heterocycles. The number of carbonyl (C=O) groups excluding carboxylic acids is 1. The number of amides is 1. The number of benzene rings is 1. The summed E-state index contributed by atoms with van der Waals surface area (Å²) in [6.07, 6.45) is 3.16. The third-order valence-electron chi connectivity index (χ3n) is 6.03. The van der Waals surface area contributed by atoms with Crippen molar-refractivity contribution in [2.24, 2.45) is 11.3 Å². The minimum atomic E-state index is -0.222. The highest BCUT2D eigenvalue weighted by molar-refractivity contribution is 7.23. The fourth-order valence-electron chi connectivity index (χ4n) is 4.18. The molecule has 7 heteroatoms. The second kappa shape index (κ2) is 7.03. The van der Waals surface area contributed by atoms with E-state index >= 15 is 0 Å². The van der Waals surface area contributed by atoms with Crippen molar-refractivity contribution in [3.05, 3.63) is 46.5 Å². The monoisotopic (exact) mass is 436 g/mol. The largest absolute Gasteiger partial charge is 0.397 e. The van der Waals surface area contributed by atoms with Crippen LogP contribution in [0, 0.1) is 11.3 Å². The lowest BCUT2D eigenvalue weighted by Crippen LogP contribution is -2.27. The maximum Gasteiger partial charge on any atom is 0.269 e. The highest BCUT2D eigenvalue weighted by Crippen LogP contribution is 2.40. The summed E-state index contributed by atoms with van der Waals surface area (Å²) in [4.78, 5) is 23.7. The molecule has 3 heterocycles. The smallest absolute Gasteiger partial charge is 0.269 e. The van der Waals surface area contributed by atoms with Gasteiger partial charge in [-0.25, -0.2) is 9.97 Å². The molecule has 1 aliphatic carbocycles. The Morgan fingerprint density at radius 3 is 2.77 bits per heavy atom. The minimum Gasteiger partial charge on any atom is -0.397 e. The zero-order valence-electron chi connectivity index (χ0n) is 17.3. The molecule has 3 aromatic heterocycles. The van der Waals surface area contributed by atoms with Crippen LogP contribution in [-0.2, 0) is 12.8 Å². The number of nitrogens with two attached hydrogens (primary N) is 1. The molecule has 154 valence electrons. The van der Waals surface area contributed by atoms with Crippen molar-refractivity contribution in [1.82, 2.24) is 9.97 Å². The summed E-state index contributed by atoms with van der Waals surface area (Å²) in [7, 11) is 0. The molecule has 0 saturated carbocycles. The first-order valence-corrected chi connectivity index (χ1v) is 11.8. The maximum atomic E-state index is 12.9. The molecular weight excluding hydrogens is 412 g/mol. The molecule has 1 aromatic carbocycles. The van der Waals surface area contributed by atoms with Gasteiger partial charge in [0.05, 0.1) is 15.9 Å². The predicted octanol–water partition coefficient (Wildman–Crippen LogP) is 5.89. The lowest BCUT2D eigenvalue weighted by Gasteiger charge is -2.34. The number of nitrogens with one attached hydrogen (secondary N) is 1. The Morgan fingerprint density at radius 1 is 1.20 bits per heavy atom. The first kappa shape index (κ1) is 19.5. The molecule has 3 N–H and O–H groups in total. The number of pyridine rings is 1. The van der Waals surface area contributed by atoms with Crippen molar-refractivity contribution in [1.29, 1.82) is 0 Å². The van der Waals surface area contributed by atoms with E-state index in [2.05, 4.69) is 37.1 Å². The molecule has 0 bridgehead atoms. The molecule has 1 aliphatic rings. The van der Waals surface area contributed by atoms with Crippen molar-refractivity contribution < 1.29 is 4.79 Å². The van der Waals surface area contributed by atoms with Crippen LogP contribution in [0.4, 0.5) is 10.8 Å². The van der Waals surface area contributed by atoms with E-state index in [0.717, 1.165) is 45.4 Å². The van der Waals surface area contributed by atoms with Crippen molar-refractivity contribution in [3.63, 3.8) is 0 Å². The van der Waals surface area contributed by atoms with Crippen LogP contribution in [0.15, 0.2) is 30.3 Å². The van der Waals surface area contributed by atoms with Crippen LogP contribution in [-0.4, -0.2) is 15.9 Å². The van der Waals surface area contributed by atoms with Crippen molar-refractivity contribution in [3.8, 4) is 0 Å². The van der Waals surface area contributed by atoms with Gasteiger partial charge in [-0.15, -0.1) is 11.3 Å². The van der Waals surface area contributed by atoms with Crippen LogP contribution >= 0.6 is 22.7 Å². The summed E-state index contributed by atoms with van der Waals surface area (Å²) in [5.41, 5.74) is 10.5. The third-order valence-corrected chi connectivity index (χ3v) is 8.10. The molecule has 0 spiro atoms. The summed E-state index contributed by atoms with van der Waals surface area (Å²) >= 11 is 2.83. The highest BCUT2D eigenvalue weighted by Gasteiger charge is 2.30. The molecule has 0 aliphatic heterocycles. The summed E-state index contributed by atoms with van der Waals surface area (Å²) in [6.45, 7) is 6.91. The lowest BCUT2D eigenvalue weighted by atomic mass is 9.71. The number of anilines is 2. The predicted molar refractivity (Wildman–Crippen MR) is 127 cm³/mol. The number of hydrogen-bond donors (Lipinski definition) is 2. The van der Waals surface area contributed by atoms with E-state index in [-0.39, 0.29) is 11.3 Å². The Morgan fingerprint density at radius 2 is 2.00 bits per heavy atom. The number of rotatable bonds is 2. The lowest BCUT2D eigenvalue weighted by molar-refractivity contribution is 0.103. The van der Waals surface area contributed by atoms with Gasteiger partial charge in [-0.3, -0.25) is 10.1 Å². The summed E-state index contributed by atoms with van der Waals surface area (Å²) in [6, 6.07) is 10.0. The van der Waals surface area contributed by atoms with Gasteiger partial charge in [-0.1, -0.05) is 44.2 Å². The van der Waals surface area contributed by atoms with Crippen LogP contribution in [0.5, 0.6) is 0 Å². The van der Waals surface area contributed by atoms with E-state index in [1.807, 2.05) is 24.3 Å². The Kier molecular flexibility index (Phi) is 4.56. The van der Waals surface area contributed by atoms with Gasteiger partial charge in [0.15, 0.2) is 5.13 Å². The number of thiophene rings is 1. The second-order valence-electron chi connectivity index (χ2n) is 9.04. The van der Waals surface area contributed by atoms with Crippen molar-refractivity contribution in [2.75, 3.05) is 11.1 Å². The molecule has 0 fully saturated rings. The summed E-state index contributed by atoms with van der Waals surface area (Å²) in [5.74, 6) is 0.408. The normalized spacial score (nSPS) is 16.7. The van der Waals surface area contributed by atoms with Gasteiger partial charge in [0.2, 0.25) is 0 Å². The van der Waals surface area contributed by atoms with E-state index < -0.39 is 0 Å². The minimum absolute atomic E-state index is 0.222. The SMILES string of the molecule is CC(C)(C)C1CCc2nc3sc(C(=O)Nc4nc5ccccc5s4)c(N)c3cc2C1. The third kappa shape index (κ3) is 3.36. The Bertz CT molecular complexity index is 1250. The topological polar surface area (TPSA) is 80.9 Å². The Balaban J connectivity index is 1.46. The first-order valence-electron chi connectivity index (χ1n) is 10.2. The fraction of sp³-hybridized carbons (Fsp3) is 0.348. The average Bonchev–Trinajstić information content (AvgIpc) is 3.25. The number of aryl methyl sites for hydroxylation is 1. The molecule has 4 aromatic rings. The van der Waals surface area contributed by atoms with E-state index in [0.29, 0.717) is 21.6 Å². The molecule has 0 radical (unpaired) electrons. The number of thiazole rings is 1. The Labute approximate surface area is 183 Å². The van der Waals surface area contributed by atoms with Crippen molar-refractivity contribution in [2.45, 2.75) is 40.0 Å². The van der Waals surface area contributed by atoms with E-state index in [1.54, 1.807) is 0 Å². The molecule has 5 nitrogen and oxygen atoms in total. The fourth-order valence-corrected chi connectivity index (χ4v) is 6.03. The molecule has 1 unspecified atom stereocenters. The number of carbonyl (C=O) groups is 1. The number of nitrogens with zero attached hydrogens (tertiary/aromatic N) is 2. The zero-order valence-corrected chi connectivity index (χ0v) is 18.9. The molecule has 5 rings (SSSR count). The van der Waals surface area contributed by atoms with Gasteiger partial charge < -0.3 is 5.73 Å². The van der Waals surface area contributed by atoms with Gasteiger partial charge in [0, 0.05) is 11.1 Å². The van der Waals surface area contributed by atoms with E-state index in [9.17, 15) is 4.79 Å². The second-order valence-corrected chi connectivity index (χ2v) is 11.1. The number of fused-ring (bicyclic) bond motifs is 3. The summed E-state index contributed by atoms with van der Waals surface area (Å²) in [5, 5.41) is 4.39. The van der Waals surface area contributed by atoms with Crippen LogP contribution in [0.2, 0.25) is 0 Å². The van der Waals surface area contributed by atoms with E-state index in [4.69, 9.17) is 10.7 Å². The number of para-hydroxylation sites is 1. The van der Waals surface area contributed by atoms with Crippen LogP contribution < -0.4 is 11.1 Å². The Hall–Kier alpha value is -2.51. The number of nitrogen functional groups attached to an aromatic ring is 1.